The lowest BCUT2D eigenvalue weighted by Gasteiger charge is -2.62. The van der Waals surface area contributed by atoms with E-state index in [1.807, 2.05) is 6.07 Å². The largest absolute Gasteiger partial charge is 0.493 e. The highest BCUT2D eigenvalue weighted by Crippen LogP contribution is 2.64. The molecule has 5 rings (SSSR count). The Morgan fingerprint density at radius 1 is 1.36 bits per heavy atom. The molecule has 25 heavy (non-hydrogen) atoms. The fourth-order valence-corrected chi connectivity index (χ4v) is 5.69. The number of rotatable bonds is 1. The highest BCUT2D eigenvalue weighted by atomic mass is 16.5. The Hall–Kier alpha value is -1.99. The number of hydrogen-bond donors (Lipinski definition) is 2. The molecule has 2 aliphatic heterocycles. The molecule has 1 saturated heterocycles. The maximum Gasteiger partial charge on any atom is 0.174 e. The van der Waals surface area contributed by atoms with Crippen LogP contribution >= 0.6 is 0 Å². The van der Waals surface area contributed by atoms with Crippen LogP contribution in [0, 0.1) is 10.5 Å². The van der Waals surface area contributed by atoms with Crippen molar-refractivity contribution in [2.45, 2.75) is 48.8 Å². The zero-order valence-electron chi connectivity index (χ0n) is 14.4. The van der Waals surface area contributed by atoms with Crippen molar-refractivity contribution in [1.82, 2.24) is 4.90 Å². The summed E-state index contributed by atoms with van der Waals surface area (Å²) in [5, 5.41) is 11.7. The number of carbonyl (C=O) groups excluding carboxylic acids is 1. The van der Waals surface area contributed by atoms with Crippen molar-refractivity contribution < 1.29 is 19.4 Å². The third kappa shape index (κ3) is 1.70. The normalized spacial score (nSPS) is 37.5. The lowest BCUT2D eigenvalue weighted by Crippen LogP contribution is -2.76. The van der Waals surface area contributed by atoms with Crippen LogP contribution in [0.15, 0.2) is 12.1 Å². The third-order valence-corrected chi connectivity index (χ3v) is 6.73. The van der Waals surface area contributed by atoms with E-state index >= 15 is 0 Å². The first-order valence-corrected chi connectivity index (χ1v) is 8.55. The van der Waals surface area contributed by atoms with Gasteiger partial charge in [-0.1, -0.05) is 11.7 Å². The van der Waals surface area contributed by atoms with E-state index in [2.05, 4.69) is 23.6 Å². The highest BCUT2D eigenvalue weighted by molar-refractivity contribution is 5.90. The summed E-state index contributed by atoms with van der Waals surface area (Å²) in [5.41, 5.74) is 5.24. The summed E-state index contributed by atoms with van der Waals surface area (Å²) >= 11 is 0. The first-order chi connectivity index (χ1) is 12.0. The minimum absolute atomic E-state index is 0.0438. The van der Waals surface area contributed by atoms with Crippen molar-refractivity contribution in [3.8, 4) is 11.5 Å². The molecule has 1 saturated carbocycles. The van der Waals surface area contributed by atoms with Gasteiger partial charge in [0.05, 0.1) is 18.1 Å². The van der Waals surface area contributed by atoms with Gasteiger partial charge < -0.3 is 19.5 Å². The second-order valence-corrected chi connectivity index (χ2v) is 7.44. The van der Waals surface area contributed by atoms with E-state index in [1.165, 1.54) is 5.56 Å². The van der Waals surface area contributed by atoms with Crippen LogP contribution in [-0.2, 0) is 16.6 Å². The van der Waals surface area contributed by atoms with Crippen molar-refractivity contribution >= 4 is 5.78 Å². The monoisotopic (exact) mass is 346 g/mol. The molecular formula is C18H22N2O5. The molecule has 0 unspecified atom stereocenters. The summed E-state index contributed by atoms with van der Waals surface area (Å²) < 4.78 is 11.6. The maximum absolute atomic E-state index is 12.7. The molecule has 2 bridgehead atoms. The molecule has 1 spiro atoms. The number of likely N-dealkylation sites (N-methyl/N-ethyl adjacent to an activating group) is 1. The Bertz CT molecular complexity index is 753. The van der Waals surface area contributed by atoms with Gasteiger partial charge in [-0.3, -0.25) is 4.79 Å². The van der Waals surface area contributed by atoms with Crippen molar-refractivity contribution in [2.24, 2.45) is 0 Å². The number of methoxy groups -OCH3 is 1. The smallest absolute Gasteiger partial charge is 0.174 e. The highest BCUT2D eigenvalue weighted by Gasteiger charge is 2.72. The zero-order valence-corrected chi connectivity index (χ0v) is 14.4. The van der Waals surface area contributed by atoms with Crippen LogP contribution in [-0.4, -0.2) is 54.2 Å². The number of likely N-dealkylation sites (tertiary alicyclic amines) is 1. The van der Waals surface area contributed by atoms with Gasteiger partial charge in [-0.25, -0.2) is 0 Å². The second-order valence-electron chi connectivity index (χ2n) is 7.44. The molecule has 0 radical (unpaired) electrons. The van der Waals surface area contributed by atoms with Gasteiger partial charge in [0.15, 0.2) is 23.4 Å². The fourth-order valence-electron chi connectivity index (χ4n) is 5.69. The Balaban J connectivity index is 0.000000758. The van der Waals surface area contributed by atoms with Crippen LogP contribution in [0.4, 0.5) is 0 Å². The molecule has 1 aromatic rings. The van der Waals surface area contributed by atoms with Crippen molar-refractivity contribution in [3.05, 3.63) is 28.2 Å². The minimum Gasteiger partial charge on any atom is -0.493 e. The number of aliphatic hydroxyl groups is 1. The van der Waals surface area contributed by atoms with E-state index in [0.717, 1.165) is 24.9 Å². The molecule has 2 N–H and O–H groups in total. The molecule has 2 fully saturated rings. The molecular weight excluding hydrogens is 324 g/mol. The average molecular weight is 346 g/mol. The number of benzene rings is 1. The van der Waals surface area contributed by atoms with Gasteiger partial charge in [0, 0.05) is 18.0 Å². The number of carbonyl (C=O) groups is 1. The predicted molar refractivity (Wildman–Crippen MR) is 89.1 cm³/mol. The van der Waals surface area contributed by atoms with Gasteiger partial charge in [0.25, 0.3) is 0 Å². The summed E-state index contributed by atoms with van der Waals surface area (Å²) in [6, 6.07) is 4.05. The van der Waals surface area contributed by atoms with Gasteiger partial charge in [0.2, 0.25) is 0 Å². The molecule has 134 valence electrons. The molecule has 2 aliphatic carbocycles. The third-order valence-electron chi connectivity index (χ3n) is 6.73. The molecule has 0 aromatic heterocycles. The number of piperidine rings is 1. The molecule has 4 aliphatic rings. The molecule has 7 heteroatoms. The second kappa shape index (κ2) is 5.25. The number of nitroso groups, excluding NO2 is 1. The molecule has 1 aromatic carbocycles. The number of nitrogens with zero attached hydrogens (tertiary/aromatic N) is 1. The van der Waals surface area contributed by atoms with Crippen molar-refractivity contribution in [2.75, 3.05) is 20.7 Å². The Morgan fingerprint density at radius 2 is 2.12 bits per heavy atom. The van der Waals surface area contributed by atoms with Crippen LogP contribution in [0.5, 0.6) is 11.5 Å². The minimum atomic E-state index is -0.900. The first kappa shape index (κ1) is 16.5. The molecule has 7 nitrogen and oxygen atoms in total. The van der Waals surface area contributed by atoms with Crippen molar-refractivity contribution in [1.29, 1.82) is 5.59 Å². The number of hydrogen-bond acceptors (Lipinski definition) is 7. The van der Waals surface area contributed by atoms with E-state index in [1.54, 1.807) is 7.11 Å². The summed E-state index contributed by atoms with van der Waals surface area (Å²) in [4.78, 5) is 22.4. The van der Waals surface area contributed by atoms with E-state index in [-0.39, 0.29) is 11.8 Å². The summed E-state index contributed by atoms with van der Waals surface area (Å²) in [6.45, 7) is 0.871. The Labute approximate surface area is 145 Å². The van der Waals surface area contributed by atoms with Gasteiger partial charge >= 0.3 is 0 Å². The van der Waals surface area contributed by atoms with E-state index < -0.39 is 17.1 Å². The van der Waals surface area contributed by atoms with Gasteiger partial charge in [-0.05, 0) is 44.5 Å². The van der Waals surface area contributed by atoms with Crippen LogP contribution in [0.1, 0.15) is 30.4 Å². The lowest BCUT2D eigenvalue weighted by molar-refractivity contribution is -0.185. The average Bonchev–Trinajstić information content (AvgIpc) is 2.98. The maximum atomic E-state index is 12.7. The van der Waals surface area contributed by atoms with Crippen LogP contribution in [0.2, 0.25) is 0 Å². The van der Waals surface area contributed by atoms with Gasteiger partial charge in [-0.15, -0.1) is 0 Å². The Kier molecular flexibility index (Phi) is 3.46. The predicted octanol–water partition coefficient (Wildman–Crippen LogP) is 1.38. The number of ketones is 1. The molecule has 0 amide bonds. The molecule has 2 heterocycles. The van der Waals surface area contributed by atoms with E-state index in [4.69, 9.17) is 14.4 Å². The lowest BCUT2D eigenvalue weighted by atomic mass is 9.49. The van der Waals surface area contributed by atoms with Crippen molar-refractivity contribution in [3.63, 3.8) is 0 Å². The van der Waals surface area contributed by atoms with Gasteiger partial charge in [0.1, 0.15) is 0 Å². The summed E-state index contributed by atoms with van der Waals surface area (Å²) in [5.74, 6) is 1.47. The number of Topliss-reactive ketones (excluding diaryl/α,β-unsaturated/α-hetero) is 1. The SMILES string of the molecule is COc1ccc2c3c1O[C@H]1C(=O)CC[C@@]4(O)[C@@H](C2)N(C)CC[C@]314.N=O. The quantitative estimate of drug-likeness (QED) is 0.745. The first-order valence-electron chi connectivity index (χ1n) is 8.55. The van der Waals surface area contributed by atoms with E-state index in [9.17, 15) is 9.90 Å². The summed E-state index contributed by atoms with van der Waals surface area (Å²) in [7, 11) is 3.70. The fraction of sp³-hybridized carbons (Fsp3) is 0.611. The van der Waals surface area contributed by atoms with Gasteiger partial charge in [-0.2, -0.15) is 4.91 Å². The number of ether oxygens (including phenoxy) is 2. The van der Waals surface area contributed by atoms with E-state index in [0.29, 0.717) is 24.3 Å². The molecule has 4 atom stereocenters. The zero-order chi connectivity index (χ0) is 18.0. The van der Waals surface area contributed by atoms with Crippen LogP contribution in [0.3, 0.4) is 0 Å². The Morgan fingerprint density at radius 3 is 2.84 bits per heavy atom. The summed E-state index contributed by atoms with van der Waals surface area (Å²) in [6.07, 6.45) is 1.89. The van der Waals surface area contributed by atoms with Crippen LogP contribution < -0.4 is 9.47 Å². The topological polar surface area (TPSA) is 99.9 Å². The standard InChI is InChI=1S/C18H21NO4.HNO/c1-19-8-7-17-14-10-3-4-12(22-2)15(14)23-16(17)11(20)5-6-18(17,21)13(19)9-10;1-2/h3-4,13,16,21H,5-9H2,1-2H3;1H/t13-,16+,17+,18-;/m1./s1. The number of nitrogens with one attached hydrogen (secondary N) is 1. The van der Waals surface area contributed by atoms with Crippen LogP contribution in [0.25, 0.3) is 0 Å².